The zero-order valence-electron chi connectivity index (χ0n) is 13.7. The Morgan fingerprint density at radius 1 is 1.32 bits per heavy atom. The van der Waals surface area contributed by atoms with Gasteiger partial charge in [-0.25, -0.2) is 4.98 Å². The molecule has 22 heavy (non-hydrogen) atoms. The molecule has 1 unspecified atom stereocenters. The molecule has 0 saturated heterocycles. The first-order chi connectivity index (χ1) is 10.4. The van der Waals surface area contributed by atoms with Crippen molar-refractivity contribution >= 4 is 11.6 Å². The van der Waals surface area contributed by atoms with Crippen LogP contribution in [0, 0.1) is 0 Å². The lowest BCUT2D eigenvalue weighted by Gasteiger charge is -2.31. The molecule has 5 heteroatoms. The van der Waals surface area contributed by atoms with E-state index in [1.54, 1.807) is 6.20 Å². The topological polar surface area (TPSA) is 30.3 Å². The van der Waals surface area contributed by atoms with Crippen LogP contribution in [0.2, 0.25) is 5.02 Å². The molecule has 4 nitrogen and oxygen atoms in total. The Bertz CT molecular complexity index is 611. The molecule has 0 fully saturated rings. The van der Waals surface area contributed by atoms with Crippen molar-refractivity contribution in [2.24, 2.45) is 7.05 Å². The van der Waals surface area contributed by atoms with E-state index < -0.39 is 5.60 Å². The second kappa shape index (κ2) is 7.27. The highest BCUT2D eigenvalue weighted by Crippen LogP contribution is 2.36. The predicted molar refractivity (Wildman–Crippen MR) is 90.2 cm³/mol. The molecule has 0 N–H and O–H groups in total. The van der Waals surface area contributed by atoms with Gasteiger partial charge in [0.2, 0.25) is 0 Å². The molecule has 0 aliphatic carbocycles. The molecule has 0 radical (unpaired) electrons. The third-order valence-electron chi connectivity index (χ3n) is 3.78. The van der Waals surface area contributed by atoms with Crippen LogP contribution in [0.4, 0.5) is 0 Å². The van der Waals surface area contributed by atoms with Crippen LogP contribution in [0.3, 0.4) is 0 Å². The Labute approximate surface area is 137 Å². The summed E-state index contributed by atoms with van der Waals surface area (Å²) in [5.41, 5.74) is 0.277. The Kier molecular flexibility index (Phi) is 5.62. The number of aromatic nitrogens is 2. The number of halogens is 1. The number of nitrogens with zero attached hydrogens (tertiary/aromatic N) is 3. The minimum atomic E-state index is -0.664. The third kappa shape index (κ3) is 3.69. The average molecular weight is 322 g/mol. The monoisotopic (exact) mass is 321 g/mol. The summed E-state index contributed by atoms with van der Waals surface area (Å²) in [5, 5.41) is 0.695. The van der Waals surface area contributed by atoms with Crippen molar-refractivity contribution in [2.45, 2.75) is 18.9 Å². The van der Waals surface area contributed by atoms with E-state index in [9.17, 15) is 0 Å². The molecule has 0 amide bonds. The van der Waals surface area contributed by atoms with Crippen molar-refractivity contribution in [2.75, 3.05) is 27.2 Å². The van der Waals surface area contributed by atoms with E-state index in [4.69, 9.17) is 16.3 Å². The first-order valence-corrected chi connectivity index (χ1v) is 7.84. The number of benzene rings is 1. The number of hydrogen-bond acceptors (Lipinski definition) is 3. The maximum atomic E-state index is 6.42. The Morgan fingerprint density at radius 3 is 2.64 bits per heavy atom. The van der Waals surface area contributed by atoms with Gasteiger partial charge in [0.15, 0.2) is 0 Å². The number of ether oxygens (including phenoxy) is 1. The Balaban J connectivity index is 2.29. The van der Waals surface area contributed by atoms with Gasteiger partial charge >= 0.3 is 0 Å². The van der Waals surface area contributed by atoms with Crippen LogP contribution in [-0.4, -0.2) is 41.7 Å². The molecule has 0 saturated carbocycles. The van der Waals surface area contributed by atoms with Crippen molar-refractivity contribution in [3.8, 4) is 0 Å². The fraction of sp³-hybridized carbons (Fsp3) is 0.471. The predicted octanol–water partition coefficient (Wildman–Crippen LogP) is 3.31. The number of aryl methyl sites for hydroxylation is 1. The Hall–Kier alpha value is -1.36. The van der Waals surface area contributed by atoms with Gasteiger partial charge in [0, 0.05) is 36.6 Å². The summed E-state index contributed by atoms with van der Waals surface area (Å²) in [7, 11) is 6.10. The molecule has 1 aromatic carbocycles. The largest absolute Gasteiger partial charge is 0.362 e. The third-order valence-corrected chi connectivity index (χ3v) is 4.11. The van der Waals surface area contributed by atoms with E-state index in [0.29, 0.717) is 11.6 Å². The fourth-order valence-electron chi connectivity index (χ4n) is 2.59. The zero-order chi connectivity index (χ0) is 16.2. The summed E-state index contributed by atoms with van der Waals surface area (Å²) in [6, 6.07) is 7.80. The standard InChI is InChI=1S/C17H24ClN3O/c1-17(16-19-10-12-21(16)4,22-13-7-11-20(2)3)14-8-5-6-9-15(14)18/h5-6,8-10,12H,7,11,13H2,1-4H3. The second-order valence-electron chi connectivity index (χ2n) is 5.88. The van der Waals surface area contributed by atoms with E-state index in [1.165, 1.54) is 0 Å². The zero-order valence-corrected chi connectivity index (χ0v) is 14.5. The van der Waals surface area contributed by atoms with E-state index >= 15 is 0 Å². The van der Waals surface area contributed by atoms with Crippen LogP contribution in [0.5, 0.6) is 0 Å². The van der Waals surface area contributed by atoms with Gasteiger partial charge in [-0.2, -0.15) is 0 Å². The fourth-order valence-corrected chi connectivity index (χ4v) is 2.91. The SMILES string of the molecule is CN(C)CCCOC(C)(c1ccccc1Cl)c1nccn1C. The smallest absolute Gasteiger partial charge is 0.149 e. The summed E-state index contributed by atoms with van der Waals surface area (Å²) in [4.78, 5) is 6.64. The van der Waals surface area contributed by atoms with Crippen molar-refractivity contribution in [1.29, 1.82) is 0 Å². The summed E-state index contributed by atoms with van der Waals surface area (Å²) in [6.45, 7) is 3.66. The lowest BCUT2D eigenvalue weighted by atomic mass is 9.94. The molecule has 2 aromatic rings. The van der Waals surface area contributed by atoms with Crippen LogP contribution < -0.4 is 0 Å². The quantitative estimate of drug-likeness (QED) is 0.733. The summed E-state index contributed by atoms with van der Waals surface area (Å²) in [5.74, 6) is 0.852. The molecule has 0 bridgehead atoms. The number of imidazole rings is 1. The van der Waals surface area contributed by atoms with Gasteiger partial charge in [0.1, 0.15) is 11.4 Å². The Morgan fingerprint density at radius 2 is 2.05 bits per heavy atom. The number of hydrogen-bond donors (Lipinski definition) is 0. The first-order valence-electron chi connectivity index (χ1n) is 7.46. The highest BCUT2D eigenvalue weighted by molar-refractivity contribution is 6.31. The van der Waals surface area contributed by atoms with Gasteiger partial charge in [0.25, 0.3) is 0 Å². The molecule has 2 rings (SSSR count). The van der Waals surface area contributed by atoms with Gasteiger partial charge in [-0.15, -0.1) is 0 Å². The van der Waals surface area contributed by atoms with Gasteiger partial charge in [-0.1, -0.05) is 29.8 Å². The van der Waals surface area contributed by atoms with Gasteiger partial charge in [-0.05, 0) is 40.1 Å². The van der Waals surface area contributed by atoms with Crippen LogP contribution in [0.25, 0.3) is 0 Å². The summed E-state index contributed by atoms with van der Waals surface area (Å²) in [6.07, 6.45) is 4.67. The highest BCUT2D eigenvalue weighted by Gasteiger charge is 2.35. The molecule has 0 aliphatic rings. The van der Waals surface area contributed by atoms with Crippen molar-refractivity contribution in [3.63, 3.8) is 0 Å². The molecule has 120 valence electrons. The van der Waals surface area contributed by atoms with Gasteiger partial charge < -0.3 is 14.2 Å². The molecular weight excluding hydrogens is 298 g/mol. The van der Waals surface area contributed by atoms with Crippen LogP contribution >= 0.6 is 11.6 Å². The van der Waals surface area contributed by atoms with E-state index in [1.807, 2.05) is 49.0 Å². The van der Waals surface area contributed by atoms with Crippen molar-refractivity contribution in [1.82, 2.24) is 14.5 Å². The van der Waals surface area contributed by atoms with Crippen molar-refractivity contribution < 1.29 is 4.74 Å². The molecule has 1 atom stereocenters. The summed E-state index contributed by atoms with van der Waals surface area (Å²) >= 11 is 6.42. The minimum Gasteiger partial charge on any atom is -0.362 e. The van der Waals surface area contributed by atoms with Gasteiger partial charge in [0.05, 0.1) is 0 Å². The van der Waals surface area contributed by atoms with E-state index in [2.05, 4.69) is 24.0 Å². The maximum Gasteiger partial charge on any atom is 0.149 e. The van der Waals surface area contributed by atoms with Crippen LogP contribution in [-0.2, 0) is 17.4 Å². The van der Waals surface area contributed by atoms with Crippen molar-refractivity contribution in [3.05, 3.63) is 53.1 Å². The summed E-state index contributed by atoms with van der Waals surface area (Å²) < 4.78 is 8.26. The lowest BCUT2D eigenvalue weighted by Crippen LogP contribution is -2.32. The van der Waals surface area contributed by atoms with E-state index in [0.717, 1.165) is 24.4 Å². The second-order valence-corrected chi connectivity index (χ2v) is 6.29. The van der Waals surface area contributed by atoms with Gasteiger partial charge in [-0.3, -0.25) is 0 Å². The molecular formula is C17H24ClN3O. The molecule has 1 heterocycles. The van der Waals surface area contributed by atoms with E-state index in [-0.39, 0.29) is 0 Å². The average Bonchev–Trinajstić information content (AvgIpc) is 2.90. The normalized spacial score (nSPS) is 14.3. The first kappa shape index (κ1) is 17.0. The lowest BCUT2D eigenvalue weighted by molar-refractivity contribution is -0.0151. The molecule has 0 spiro atoms. The van der Waals surface area contributed by atoms with Crippen LogP contribution in [0.1, 0.15) is 24.7 Å². The number of rotatable bonds is 7. The minimum absolute atomic E-state index is 0.646. The van der Waals surface area contributed by atoms with Crippen LogP contribution in [0.15, 0.2) is 36.7 Å². The maximum absolute atomic E-state index is 6.42. The molecule has 1 aromatic heterocycles. The molecule has 0 aliphatic heterocycles. The highest BCUT2D eigenvalue weighted by atomic mass is 35.5.